The maximum absolute atomic E-state index is 12.8. The maximum atomic E-state index is 12.8. The zero-order valence-electron chi connectivity index (χ0n) is 12.0. The van der Waals surface area contributed by atoms with Gasteiger partial charge in [0.2, 0.25) is 0 Å². The second kappa shape index (κ2) is 8.28. The molecule has 1 aromatic rings. The van der Waals surface area contributed by atoms with Crippen LogP contribution < -0.4 is 5.32 Å². The number of rotatable bonds is 10. The summed E-state index contributed by atoms with van der Waals surface area (Å²) < 4.78 is 56.1. The maximum Gasteiger partial charge on any atom is 0.330 e. The molecule has 0 saturated carbocycles. The molecule has 9 heteroatoms. The minimum absolute atomic E-state index is 0.159. The van der Waals surface area contributed by atoms with Gasteiger partial charge in [-0.25, -0.2) is 13.5 Å². The first kappa shape index (κ1) is 17.8. The van der Waals surface area contributed by atoms with Gasteiger partial charge in [0.1, 0.15) is 6.61 Å². The molecule has 122 valence electrons. The molecule has 0 saturated heterocycles. The van der Waals surface area contributed by atoms with E-state index < -0.39 is 25.0 Å². The molecule has 1 atom stereocenters. The van der Waals surface area contributed by atoms with Crippen LogP contribution in [0.1, 0.15) is 32.0 Å². The fraction of sp³-hybridized carbons (Fsp3) is 0.833. The lowest BCUT2D eigenvalue weighted by molar-refractivity contribution is -0.167. The number of ether oxygens (including phenoxy) is 1. The Balaban J connectivity index is 2.63. The molecule has 1 unspecified atom stereocenters. The van der Waals surface area contributed by atoms with Crippen molar-refractivity contribution in [2.24, 2.45) is 0 Å². The van der Waals surface area contributed by atoms with Gasteiger partial charge < -0.3 is 10.1 Å². The molecule has 5 nitrogen and oxygen atoms in total. The Hall–Kier alpha value is -1.22. The molecule has 0 aromatic carbocycles. The van der Waals surface area contributed by atoms with E-state index in [9.17, 15) is 17.6 Å². The molecule has 0 aliphatic rings. The molecular weight excluding hydrogens is 292 g/mol. The van der Waals surface area contributed by atoms with Gasteiger partial charge in [0, 0.05) is 6.54 Å². The zero-order valence-corrected chi connectivity index (χ0v) is 12.0. The molecular formula is C12H20F4N4O. The van der Waals surface area contributed by atoms with E-state index in [1.54, 1.807) is 4.68 Å². The Morgan fingerprint density at radius 2 is 2.10 bits per heavy atom. The molecule has 0 spiro atoms. The summed E-state index contributed by atoms with van der Waals surface area (Å²) in [5.74, 6) is -4.14. The van der Waals surface area contributed by atoms with Gasteiger partial charge in [-0.15, -0.1) is 5.10 Å². The lowest BCUT2D eigenvalue weighted by Crippen LogP contribution is -2.35. The second-order valence-electron chi connectivity index (χ2n) is 4.57. The van der Waals surface area contributed by atoms with Crippen molar-refractivity contribution in [3.05, 3.63) is 11.9 Å². The van der Waals surface area contributed by atoms with Crippen molar-refractivity contribution in [1.29, 1.82) is 0 Å². The van der Waals surface area contributed by atoms with Crippen molar-refractivity contribution in [2.45, 2.75) is 45.2 Å². The highest BCUT2D eigenvalue weighted by atomic mass is 19.3. The van der Waals surface area contributed by atoms with E-state index in [2.05, 4.69) is 15.6 Å². The summed E-state index contributed by atoms with van der Waals surface area (Å²) >= 11 is 0. The first-order chi connectivity index (χ1) is 9.92. The Morgan fingerprint density at radius 1 is 1.38 bits per heavy atom. The normalized spacial score (nSPS) is 13.9. The van der Waals surface area contributed by atoms with Crippen molar-refractivity contribution in [3.63, 3.8) is 0 Å². The van der Waals surface area contributed by atoms with E-state index in [-0.39, 0.29) is 6.61 Å². The average Bonchev–Trinajstić information content (AvgIpc) is 2.86. The zero-order chi connectivity index (χ0) is 15.9. The fourth-order valence-electron chi connectivity index (χ4n) is 1.79. The number of hydrogen-bond acceptors (Lipinski definition) is 4. The molecule has 1 heterocycles. The first-order valence-corrected chi connectivity index (χ1v) is 6.77. The van der Waals surface area contributed by atoms with Crippen LogP contribution in [0.3, 0.4) is 0 Å². The Morgan fingerprint density at radius 3 is 2.67 bits per heavy atom. The van der Waals surface area contributed by atoms with E-state index in [0.717, 1.165) is 6.42 Å². The topological polar surface area (TPSA) is 52.0 Å². The molecule has 21 heavy (non-hydrogen) atoms. The number of alkyl halides is 4. The number of aryl methyl sites for hydroxylation is 1. The summed E-state index contributed by atoms with van der Waals surface area (Å²) in [5.41, 5.74) is 0.680. The van der Waals surface area contributed by atoms with E-state index in [1.807, 2.05) is 13.8 Å². The van der Waals surface area contributed by atoms with Crippen LogP contribution in [-0.2, 0) is 11.3 Å². The van der Waals surface area contributed by atoms with Gasteiger partial charge in [-0.05, 0) is 13.0 Å². The molecule has 0 aliphatic carbocycles. The summed E-state index contributed by atoms with van der Waals surface area (Å²) in [4.78, 5) is 0. The largest absolute Gasteiger partial charge is 0.373 e. The third kappa shape index (κ3) is 5.24. The van der Waals surface area contributed by atoms with Crippen molar-refractivity contribution >= 4 is 0 Å². The van der Waals surface area contributed by atoms with Gasteiger partial charge in [0.15, 0.2) is 0 Å². The summed E-state index contributed by atoms with van der Waals surface area (Å²) in [5, 5.41) is 10.7. The van der Waals surface area contributed by atoms with Crippen LogP contribution in [-0.4, -0.2) is 47.1 Å². The molecule has 1 N–H and O–H groups in total. The number of aromatic nitrogens is 3. The summed E-state index contributed by atoms with van der Waals surface area (Å²) in [6.07, 6.45) is -1.39. The van der Waals surface area contributed by atoms with Gasteiger partial charge >= 0.3 is 12.3 Å². The molecule has 0 radical (unpaired) electrons. The molecule has 0 amide bonds. The van der Waals surface area contributed by atoms with Crippen molar-refractivity contribution < 1.29 is 22.3 Å². The van der Waals surface area contributed by atoms with Crippen LogP contribution in [0.25, 0.3) is 0 Å². The van der Waals surface area contributed by atoms with Gasteiger partial charge in [-0.3, -0.25) is 0 Å². The summed E-state index contributed by atoms with van der Waals surface area (Å²) in [6, 6.07) is -0.426. The number of likely N-dealkylation sites (N-methyl/N-ethyl adjacent to an activating group) is 1. The van der Waals surface area contributed by atoms with Gasteiger partial charge in [0.05, 0.1) is 24.5 Å². The van der Waals surface area contributed by atoms with Crippen LogP contribution in [0.2, 0.25) is 0 Å². The highest BCUT2D eigenvalue weighted by Gasteiger charge is 2.41. The number of hydrogen-bond donors (Lipinski definition) is 1. The monoisotopic (exact) mass is 312 g/mol. The number of nitrogens with one attached hydrogen (secondary N) is 1. The second-order valence-corrected chi connectivity index (χ2v) is 4.57. The quantitative estimate of drug-likeness (QED) is 0.673. The van der Waals surface area contributed by atoms with Crippen LogP contribution in [0, 0.1) is 0 Å². The summed E-state index contributed by atoms with van der Waals surface area (Å²) in [7, 11) is 0. The molecule has 1 rings (SSSR count). The minimum atomic E-state index is -4.14. The van der Waals surface area contributed by atoms with Crippen LogP contribution in [0.4, 0.5) is 17.6 Å². The average molecular weight is 312 g/mol. The van der Waals surface area contributed by atoms with E-state index >= 15 is 0 Å². The Labute approximate surface area is 120 Å². The van der Waals surface area contributed by atoms with Crippen LogP contribution >= 0.6 is 0 Å². The predicted octanol–water partition coefficient (Wildman–Crippen LogP) is 2.26. The lowest BCUT2D eigenvalue weighted by atomic mass is 10.2. The van der Waals surface area contributed by atoms with E-state index in [4.69, 9.17) is 4.74 Å². The Bertz CT molecular complexity index is 414. The SMILES string of the molecule is CCCn1nncc1C(COCC(F)(F)C(F)F)NCC. The van der Waals surface area contributed by atoms with Gasteiger partial charge in [0.25, 0.3) is 0 Å². The minimum Gasteiger partial charge on any atom is -0.373 e. The predicted molar refractivity (Wildman–Crippen MR) is 68.5 cm³/mol. The molecule has 1 aromatic heterocycles. The molecule has 0 fully saturated rings. The van der Waals surface area contributed by atoms with Crippen molar-refractivity contribution in [2.75, 3.05) is 19.8 Å². The van der Waals surface area contributed by atoms with E-state index in [1.165, 1.54) is 6.20 Å². The highest BCUT2D eigenvalue weighted by molar-refractivity contribution is 5.02. The first-order valence-electron chi connectivity index (χ1n) is 6.77. The van der Waals surface area contributed by atoms with Crippen LogP contribution in [0.5, 0.6) is 0 Å². The third-order valence-electron chi connectivity index (χ3n) is 2.79. The third-order valence-corrected chi connectivity index (χ3v) is 2.79. The van der Waals surface area contributed by atoms with Crippen molar-refractivity contribution in [3.8, 4) is 0 Å². The number of halogens is 4. The van der Waals surface area contributed by atoms with Gasteiger partial charge in [-0.1, -0.05) is 19.1 Å². The van der Waals surface area contributed by atoms with Crippen LogP contribution in [0.15, 0.2) is 6.20 Å². The lowest BCUT2D eigenvalue weighted by Gasteiger charge is -2.21. The summed E-state index contributed by atoms with van der Waals surface area (Å²) in [6.45, 7) is 3.53. The van der Waals surface area contributed by atoms with Gasteiger partial charge in [-0.2, -0.15) is 8.78 Å². The smallest absolute Gasteiger partial charge is 0.330 e. The molecule has 0 bridgehead atoms. The fourth-order valence-corrected chi connectivity index (χ4v) is 1.79. The standard InChI is InChI=1S/C12H20F4N4O/c1-3-5-20-10(6-18-19-20)9(17-4-2)7-21-8-12(15,16)11(13)14/h6,9,11,17H,3-5,7-8H2,1-2H3. The van der Waals surface area contributed by atoms with Crippen molar-refractivity contribution in [1.82, 2.24) is 20.3 Å². The number of nitrogens with zero attached hydrogens (tertiary/aromatic N) is 3. The van der Waals surface area contributed by atoms with E-state index in [0.29, 0.717) is 18.8 Å². The highest BCUT2D eigenvalue weighted by Crippen LogP contribution is 2.23. The Kier molecular flexibility index (Phi) is 7.03. The molecule has 0 aliphatic heterocycles.